The van der Waals surface area contributed by atoms with Crippen molar-refractivity contribution in [1.82, 2.24) is 16.2 Å². The molecule has 1 amide bonds. The quantitative estimate of drug-likeness (QED) is 0.562. The first-order valence-electron chi connectivity index (χ1n) is 5.68. The largest absolute Gasteiger partial charge is 0.497 e. The number of hydrogen-bond acceptors (Lipinski definition) is 4. The highest BCUT2D eigenvalue weighted by Gasteiger charge is 2.13. The SMILES string of the molecule is CCNC(=S)NNC(=O)c1ccc(OC)cc1OC. The molecule has 1 aromatic carbocycles. The summed E-state index contributed by atoms with van der Waals surface area (Å²) in [6.45, 7) is 2.58. The van der Waals surface area contributed by atoms with Gasteiger partial charge in [-0.05, 0) is 31.3 Å². The first-order chi connectivity index (χ1) is 9.12. The number of carbonyl (C=O) groups excluding carboxylic acids is 1. The highest BCUT2D eigenvalue weighted by atomic mass is 32.1. The van der Waals surface area contributed by atoms with Crippen molar-refractivity contribution in [2.75, 3.05) is 20.8 Å². The standard InChI is InChI=1S/C12H17N3O3S/c1-4-13-12(19)15-14-11(16)9-6-5-8(17-2)7-10(9)18-3/h5-7H,4H2,1-3H3,(H,14,16)(H2,13,15,19). The third-order valence-electron chi connectivity index (χ3n) is 2.28. The van der Waals surface area contributed by atoms with E-state index in [0.717, 1.165) is 0 Å². The van der Waals surface area contributed by atoms with Crippen LogP contribution >= 0.6 is 12.2 Å². The maximum Gasteiger partial charge on any atom is 0.273 e. The molecule has 0 unspecified atom stereocenters. The van der Waals surface area contributed by atoms with Crippen molar-refractivity contribution in [3.05, 3.63) is 23.8 Å². The Kier molecular flexibility index (Phi) is 5.87. The van der Waals surface area contributed by atoms with Gasteiger partial charge < -0.3 is 14.8 Å². The van der Waals surface area contributed by atoms with Crippen molar-refractivity contribution in [2.24, 2.45) is 0 Å². The monoisotopic (exact) mass is 283 g/mol. The predicted octanol–water partition coefficient (Wildman–Crippen LogP) is 0.833. The van der Waals surface area contributed by atoms with E-state index in [9.17, 15) is 4.79 Å². The second-order valence-corrected chi connectivity index (χ2v) is 3.91. The Bertz CT molecular complexity index is 466. The van der Waals surface area contributed by atoms with Gasteiger partial charge in [-0.3, -0.25) is 15.6 Å². The van der Waals surface area contributed by atoms with Crippen molar-refractivity contribution in [1.29, 1.82) is 0 Å². The molecule has 0 saturated carbocycles. The van der Waals surface area contributed by atoms with Gasteiger partial charge in [0.1, 0.15) is 11.5 Å². The lowest BCUT2D eigenvalue weighted by atomic mass is 10.2. The fourth-order valence-corrected chi connectivity index (χ4v) is 1.57. The van der Waals surface area contributed by atoms with Crippen LogP contribution in [0, 0.1) is 0 Å². The van der Waals surface area contributed by atoms with Gasteiger partial charge in [0.15, 0.2) is 5.11 Å². The summed E-state index contributed by atoms with van der Waals surface area (Å²) in [7, 11) is 3.03. The fourth-order valence-electron chi connectivity index (χ4n) is 1.37. The zero-order valence-electron chi connectivity index (χ0n) is 11.1. The molecule has 0 spiro atoms. The Morgan fingerprint density at radius 3 is 2.58 bits per heavy atom. The van der Waals surface area contributed by atoms with Crippen molar-refractivity contribution in [2.45, 2.75) is 6.92 Å². The predicted molar refractivity (Wildman–Crippen MR) is 76.4 cm³/mol. The topological polar surface area (TPSA) is 71.6 Å². The first-order valence-corrected chi connectivity index (χ1v) is 6.09. The van der Waals surface area contributed by atoms with Gasteiger partial charge in [-0.1, -0.05) is 0 Å². The van der Waals surface area contributed by atoms with Crippen molar-refractivity contribution >= 4 is 23.2 Å². The fraction of sp³-hybridized carbons (Fsp3) is 0.333. The Morgan fingerprint density at radius 1 is 1.26 bits per heavy atom. The minimum Gasteiger partial charge on any atom is -0.497 e. The van der Waals surface area contributed by atoms with Gasteiger partial charge in [0, 0.05) is 12.6 Å². The van der Waals surface area contributed by atoms with E-state index in [4.69, 9.17) is 21.7 Å². The average Bonchev–Trinajstić information content (AvgIpc) is 2.44. The van der Waals surface area contributed by atoms with Crippen LogP contribution in [0.4, 0.5) is 0 Å². The number of rotatable bonds is 4. The minimum atomic E-state index is -0.347. The number of carbonyl (C=O) groups is 1. The molecule has 19 heavy (non-hydrogen) atoms. The van der Waals surface area contributed by atoms with Crippen molar-refractivity contribution in [3.8, 4) is 11.5 Å². The van der Waals surface area contributed by atoms with Crippen molar-refractivity contribution < 1.29 is 14.3 Å². The molecule has 6 nitrogen and oxygen atoms in total. The van der Waals surface area contributed by atoms with Crippen molar-refractivity contribution in [3.63, 3.8) is 0 Å². The normalized spacial score (nSPS) is 9.42. The molecule has 0 aliphatic heterocycles. The molecular weight excluding hydrogens is 266 g/mol. The maximum absolute atomic E-state index is 12.0. The molecule has 3 N–H and O–H groups in total. The van der Waals surface area contributed by atoms with Crippen LogP contribution in [0.2, 0.25) is 0 Å². The van der Waals surface area contributed by atoms with Crippen LogP contribution in [0.1, 0.15) is 17.3 Å². The number of amides is 1. The molecule has 0 aromatic heterocycles. The number of methoxy groups -OCH3 is 2. The molecule has 1 rings (SSSR count). The molecule has 0 radical (unpaired) electrons. The van der Waals surface area contributed by atoms with E-state index in [1.807, 2.05) is 6.92 Å². The Morgan fingerprint density at radius 2 is 2.00 bits per heavy atom. The molecule has 104 valence electrons. The van der Waals surface area contributed by atoms with E-state index in [-0.39, 0.29) is 5.91 Å². The highest BCUT2D eigenvalue weighted by Crippen LogP contribution is 2.24. The maximum atomic E-state index is 12.0. The second-order valence-electron chi connectivity index (χ2n) is 3.50. The molecule has 0 aliphatic carbocycles. The summed E-state index contributed by atoms with van der Waals surface area (Å²) in [5.41, 5.74) is 5.46. The van der Waals surface area contributed by atoms with E-state index >= 15 is 0 Å². The van der Waals surface area contributed by atoms with Crippen LogP contribution in [0.15, 0.2) is 18.2 Å². The molecule has 0 saturated heterocycles. The van der Waals surface area contributed by atoms with E-state index in [1.165, 1.54) is 7.11 Å². The molecule has 1 aromatic rings. The lowest BCUT2D eigenvalue weighted by Crippen LogP contribution is -2.46. The third-order valence-corrected chi connectivity index (χ3v) is 2.53. The van der Waals surface area contributed by atoms with Gasteiger partial charge in [0.25, 0.3) is 5.91 Å². The van der Waals surface area contributed by atoms with Crippen LogP contribution in [0.5, 0.6) is 11.5 Å². The Labute approximate surface area is 117 Å². The van der Waals surface area contributed by atoms with Gasteiger partial charge in [-0.2, -0.15) is 0 Å². The molecule has 0 aliphatic rings. The molecule has 0 atom stereocenters. The van der Waals surface area contributed by atoms with Gasteiger partial charge in [0.05, 0.1) is 19.8 Å². The zero-order valence-corrected chi connectivity index (χ0v) is 11.9. The molecule has 0 heterocycles. The average molecular weight is 283 g/mol. The zero-order chi connectivity index (χ0) is 14.3. The number of benzene rings is 1. The summed E-state index contributed by atoms with van der Waals surface area (Å²) in [6.07, 6.45) is 0. The first kappa shape index (κ1) is 15.0. The highest BCUT2D eigenvalue weighted by molar-refractivity contribution is 7.80. The van der Waals surface area contributed by atoms with Crippen LogP contribution in [-0.2, 0) is 0 Å². The Hall–Kier alpha value is -2.02. The summed E-state index contributed by atoms with van der Waals surface area (Å²) < 4.78 is 10.2. The second kappa shape index (κ2) is 7.42. The minimum absolute atomic E-state index is 0.347. The smallest absolute Gasteiger partial charge is 0.273 e. The van der Waals surface area contributed by atoms with E-state index in [0.29, 0.717) is 28.7 Å². The summed E-state index contributed by atoms with van der Waals surface area (Å²) >= 11 is 4.93. The van der Waals surface area contributed by atoms with E-state index in [2.05, 4.69) is 16.2 Å². The Balaban J connectivity index is 2.73. The number of thiocarbonyl (C=S) groups is 1. The molecule has 0 bridgehead atoms. The summed E-state index contributed by atoms with van der Waals surface area (Å²) in [6, 6.07) is 4.93. The van der Waals surface area contributed by atoms with Crippen LogP contribution in [0.3, 0.4) is 0 Å². The number of nitrogens with one attached hydrogen (secondary N) is 3. The lowest BCUT2D eigenvalue weighted by Gasteiger charge is -2.12. The molecule has 7 heteroatoms. The summed E-state index contributed by atoms with van der Waals surface area (Å²) in [5, 5.41) is 3.20. The van der Waals surface area contributed by atoms with Gasteiger partial charge >= 0.3 is 0 Å². The summed E-state index contributed by atoms with van der Waals surface area (Å²) in [5.74, 6) is 0.692. The van der Waals surface area contributed by atoms with E-state index < -0.39 is 0 Å². The van der Waals surface area contributed by atoms with Gasteiger partial charge in [-0.25, -0.2) is 0 Å². The molecular formula is C12H17N3O3S. The lowest BCUT2D eigenvalue weighted by molar-refractivity contribution is 0.0940. The number of hydrazine groups is 1. The number of ether oxygens (including phenoxy) is 2. The summed E-state index contributed by atoms with van der Waals surface area (Å²) in [4.78, 5) is 12.0. The van der Waals surface area contributed by atoms with Gasteiger partial charge in [0.2, 0.25) is 0 Å². The van der Waals surface area contributed by atoms with E-state index in [1.54, 1.807) is 25.3 Å². The number of hydrogen-bond donors (Lipinski definition) is 3. The van der Waals surface area contributed by atoms with Crippen LogP contribution < -0.4 is 25.6 Å². The van der Waals surface area contributed by atoms with Crippen LogP contribution in [-0.4, -0.2) is 31.8 Å². The van der Waals surface area contributed by atoms with Gasteiger partial charge in [-0.15, -0.1) is 0 Å². The third kappa shape index (κ3) is 4.29. The van der Waals surface area contributed by atoms with Crippen LogP contribution in [0.25, 0.3) is 0 Å². The molecule has 0 fully saturated rings.